The van der Waals surface area contributed by atoms with Crippen molar-refractivity contribution in [1.82, 2.24) is 5.32 Å². The molecule has 1 aliphatic heterocycles. The van der Waals surface area contributed by atoms with Crippen LogP contribution in [-0.2, 0) is 0 Å². The van der Waals surface area contributed by atoms with Gasteiger partial charge in [0.2, 0.25) is 0 Å². The maximum absolute atomic E-state index is 10.5. The molecule has 1 heterocycles. The van der Waals surface area contributed by atoms with Gasteiger partial charge in [0.05, 0.1) is 0 Å². The summed E-state index contributed by atoms with van der Waals surface area (Å²) in [5, 5.41) is 14.7. The molecule has 3 aromatic rings. The van der Waals surface area contributed by atoms with Crippen LogP contribution in [0.4, 0.5) is 0 Å². The average Bonchev–Trinajstić information content (AvgIpc) is 2.70. The number of phenolic OH excluding ortho intramolecular Hbond substituents is 1. The van der Waals surface area contributed by atoms with E-state index in [-0.39, 0.29) is 18.0 Å². The van der Waals surface area contributed by atoms with Gasteiger partial charge in [0.15, 0.2) is 0 Å². The lowest BCUT2D eigenvalue weighted by atomic mass is 9.93. The van der Waals surface area contributed by atoms with E-state index in [0.29, 0.717) is 11.4 Å². The third kappa shape index (κ3) is 4.14. The minimum absolute atomic E-state index is 0.0630. The standard InChI is InChI=1S/C23H20BrClN2O/c1-14-2-4-15(5-3-14)20-13-21(19-12-17(24)8-11-22(19)28)27-23(26-20)16-6-9-18(25)10-7-16/h2-12,21,23,27-28H,13H2,1H3/t21-,23+/m0/s1. The summed E-state index contributed by atoms with van der Waals surface area (Å²) < 4.78 is 0.935. The molecule has 142 valence electrons. The Balaban J connectivity index is 1.76. The van der Waals surface area contributed by atoms with Crippen LogP contribution in [0.3, 0.4) is 0 Å². The van der Waals surface area contributed by atoms with Gasteiger partial charge in [-0.05, 0) is 48.4 Å². The zero-order chi connectivity index (χ0) is 19.7. The van der Waals surface area contributed by atoms with Crippen molar-refractivity contribution in [3.05, 3.63) is 98.5 Å². The average molecular weight is 456 g/mol. The lowest BCUT2D eigenvalue weighted by Crippen LogP contribution is -2.33. The third-order valence-electron chi connectivity index (χ3n) is 4.98. The van der Waals surface area contributed by atoms with Crippen molar-refractivity contribution in [2.75, 3.05) is 0 Å². The highest BCUT2D eigenvalue weighted by Gasteiger charge is 2.27. The lowest BCUT2D eigenvalue weighted by Gasteiger charge is -2.31. The van der Waals surface area contributed by atoms with Crippen molar-refractivity contribution in [3.63, 3.8) is 0 Å². The Hall–Kier alpha value is -2.14. The van der Waals surface area contributed by atoms with Crippen LogP contribution >= 0.6 is 27.5 Å². The largest absolute Gasteiger partial charge is 0.508 e. The van der Waals surface area contributed by atoms with Gasteiger partial charge in [-0.3, -0.25) is 10.3 Å². The summed E-state index contributed by atoms with van der Waals surface area (Å²) in [6.45, 7) is 2.08. The van der Waals surface area contributed by atoms with Crippen LogP contribution < -0.4 is 5.32 Å². The van der Waals surface area contributed by atoms with Crippen molar-refractivity contribution in [1.29, 1.82) is 0 Å². The monoisotopic (exact) mass is 454 g/mol. The van der Waals surface area contributed by atoms with Crippen LogP contribution in [0.2, 0.25) is 5.02 Å². The van der Waals surface area contributed by atoms with Crippen molar-refractivity contribution < 1.29 is 5.11 Å². The topological polar surface area (TPSA) is 44.6 Å². The smallest absolute Gasteiger partial charge is 0.126 e. The van der Waals surface area contributed by atoms with E-state index >= 15 is 0 Å². The summed E-state index contributed by atoms with van der Waals surface area (Å²) in [6.07, 6.45) is 0.475. The molecule has 0 fully saturated rings. The maximum Gasteiger partial charge on any atom is 0.126 e. The predicted molar refractivity (Wildman–Crippen MR) is 118 cm³/mol. The first-order valence-electron chi connectivity index (χ1n) is 9.13. The van der Waals surface area contributed by atoms with Gasteiger partial charge in [0.25, 0.3) is 0 Å². The molecule has 0 unspecified atom stereocenters. The number of halogens is 2. The Morgan fingerprint density at radius 2 is 1.75 bits per heavy atom. The number of hydrogen-bond acceptors (Lipinski definition) is 3. The molecule has 0 saturated heterocycles. The van der Waals surface area contributed by atoms with Gasteiger partial charge in [0.1, 0.15) is 11.9 Å². The second-order valence-corrected chi connectivity index (χ2v) is 8.37. The van der Waals surface area contributed by atoms with Gasteiger partial charge < -0.3 is 5.11 Å². The van der Waals surface area contributed by atoms with Crippen LogP contribution in [-0.4, -0.2) is 10.8 Å². The summed E-state index contributed by atoms with van der Waals surface area (Å²) in [5.41, 5.74) is 5.23. The van der Waals surface area contributed by atoms with Crippen LogP contribution in [0.1, 0.15) is 40.9 Å². The fraction of sp³-hybridized carbons (Fsp3) is 0.174. The molecular formula is C23H20BrClN2O. The number of phenols is 1. The maximum atomic E-state index is 10.5. The molecular weight excluding hydrogens is 436 g/mol. The van der Waals surface area contributed by atoms with E-state index < -0.39 is 0 Å². The first-order valence-corrected chi connectivity index (χ1v) is 10.3. The molecule has 0 aliphatic carbocycles. The zero-order valence-electron chi connectivity index (χ0n) is 15.4. The SMILES string of the molecule is Cc1ccc(C2=N[C@@H](c3ccc(Cl)cc3)N[C@H](c3cc(Br)ccc3O)C2)cc1. The molecule has 28 heavy (non-hydrogen) atoms. The zero-order valence-corrected chi connectivity index (χ0v) is 17.7. The van der Waals surface area contributed by atoms with Crippen molar-refractivity contribution in [2.45, 2.75) is 25.6 Å². The molecule has 3 nitrogen and oxygen atoms in total. The van der Waals surface area contributed by atoms with Crippen molar-refractivity contribution in [2.24, 2.45) is 4.99 Å². The number of hydrogen-bond donors (Lipinski definition) is 2. The van der Waals surface area contributed by atoms with E-state index in [2.05, 4.69) is 52.4 Å². The van der Waals surface area contributed by atoms with E-state index in [9.17, 15) is 5.11 Å². The number of nitrogens with zero attached hydrogens (tertiary/aromatic N) is 1. The van der Waals surface area contributed by atoms with E-state index in [1.165, 1.54) is 5.56 Å². The van der Waals surface area contributed by atoms with Crippen LogP contribution in [0.15, 0.2) is 76.2 Å². The molecule has 0 bridgehead atoms. The Morgan fingerprint density at radius 1 is 1.04 bits per heavy atom. The molecule has 1 aliphatic rings. The van der Waals surface area contributed by atoms with Crippen LogP contribution in [0, 0.1) is 6.92 Å². The second kappa shape index (κ2) is 8.08. The Kier molecular flexibility index (Phi) is 5.54. The van der Waals surface area contributed by atoms with E-state index in [4.69, 9.17) is 16.6 Å². The van der Waals surface area contributed by atoms with Gasteiger partial charge in [-0.15, -0.1) is 0 Å². The highest BCUT2D eigenvalue weighted by molar-refractivity contribution is 9.10. The molecule has 3 aromatic carbocycles. The number of aryl methyl sites for hydroxylation is 1. The predicted octanol–water partition coefficient (Wildman–Crippen LogP) is 6.34. The Bertz CT molecular complexity index is 1020. The molecule has 0 amide bonds. The molecule has 0 spiro atoms. The molecule has 2 atom stereocenters. The quantitative estimate of drug-likeness (QED) is 0.484. The van der Waals surface area contributed by atoms with E-state index in [1.54, 1.807) is 6.07 Å². The number of rotatable bonds is 3. The first kappa shape index (κ1) is 19.2. The summed E-state index contributed by atoms with van der Waals surface area (Å²) in [4.78, 5) is 4.98. The molecule has 4 rings (SSSR count). The molecule has 2 N–H and O–H groups in total. The fourth-order valence-corrected chi connectivity index (χ4v) is 3.95. The molecule has 0 aromatic heterocycles. The number of aromatic hydroxyl groups is 1. The highest BCUT2D eigenvalue weighted by atomic mass is 79.9. The minimum Gasteiger partial charge on any atom is -0.508 e. The normalized spacial score (nSPS) is 19.3. The van der Waals surface area contributed by atoms with Crippen LogP contribution in [0.5, 0.6) is 5.75 Å². The molecule has 0 saturated carbocycles. The molecule has 5 heteroatoms. The highest BCUT2D eigenvalue weighted by Crippen LogP contribution is 2.36. The van der Waals surface area contributed by atoms with Gasteiger partial charge in [-0.1, -0.05) is 69.5 Å². The van der Waals surface area contributed by atoms with Crippen molar-refractivity contribution >= 4 is 33.2 Å². The summed E-state index contributed by atoms with van der Waals surface area (Å²) in [6, 6.07) is 21.6. The summed E-state index contributed by atoms with van der Waals surface area (Å²) in [7, 11) is 0. The third-order valence-corrected chi connectivity index (χ3v) is 5.72. The first-order chi connectivity index (χ1) is 13.5. The van der Waals surface area contributed by atoms with Gasteiger partial charge in [-0.25, -0.2) is 0 Å². The lowest BCUT2D eigenvalue weighted by molar-refractivity contribution is 0.412. The minimum atomic E-state index is -0.217. The Labute approximate surface area is 178 Å². The second-order valence-electron chi connectivity index (χ2n) is 7.02. The fourth-order valence-electron chi connectivity index (χ4n) is 3.45. The van der Waals surface area contributed by atoms with Gasteiger partial charge in [-0.2, -0.15) is 0 Å². The van der Waals surface area contributed by atoms with Crippen LogP contribution in [0.25, 0.3) is 0 Å². The van der Waals surface area contributed by atoms with E-state index in [0.717, 1.165) is 26.9 Å². The number of nitrogens with one attached hydrogen (secondary N) is 1. The Morgan fingerprint density at radius 3 is 2.46 bits per heavy atom. The van der Waals surface area contributed by atoms with E-state index in [1.807, 2.05) is 36.4 Å². The summed E-state index contributed by atoms with van der Waals surface area (Å²) in [5.74, 6) is 0.278. The molecule has 0 radical (unpaired) electrons. The van der Waals surface area contributed by atoms with Crippen molar-refractivity contribution in [3.8, 4) is 5.75 Å². The van der Waals surface area contributed by atoms with Gasteiger partial charge in [0, 0.05) is 33.2 Å². The summed E-state index contributed by atoms with van der Waals surface area (Å²) >= 11 is 9.57. The number of aliphatic imine (C=N–C) groups is 1. The van der Waals surface area contributed by atoms with Gasteiger partial charge >= 0.3 is 0 Å². The number of benzene rings is 3.